The maximum atomic E-state index is 10.7. The van der Waals surface area contributed by atoms with Gasteiger partial charge in [0.2, 0.25) is 12.2 Å². The van der Waals surface area contributed by atoms with Crippen molar-refractivity contribution in [2.24, 2.45) is 0 Å². The molecule has 0 amide bonds. The molecule has 5 N–H and O–H groups in total. The minimum absolute atomic E-state index is 0.195. The van der Waals surface area contributed by atoms with Crippen LogP contribution in [0.2, 0.25) is 0 Å². The lowest BCUT2D eigenvalue weighted by atomic mass is 9.96. The van der Waals surface area contributed by atoms with Crippen LogP contribution in [0.5, 0.6) is 0 Å². The first-order valence-electron chi connectivity index (χ1n) is 7.49. The van der Waals surface area contributed by atoms with Crippen molar-refractivity contribution < 1.29 is 24.6 Å². The number of nitrogens with zero attached hydrogens (tertiary/aromatic N) is 5. The number of nitrogens with two attached hydrogens (primary N) is 1. The minimum atomic E-state index is -1.67. The van der Waals surface area contributed by atoms with Crippen molar-refractivity contribution >= 4 is 16.9 Å². The van der Waals surface area contributed by atoms with Gasteiger partial charge in [-0.3, -0.25) is 0 Å². The molecule has 0 aromatic carbocycles. The molecule has 132 valence electrons. The van der Waals surface area contributed by atoms with E-state index in [-0.39, 0.29) is 11.6 Å². The fraction of sp³-hybridized carbons (Fsp3) is 0.429. The first-order valence-corrected chi connectivity index (χ1v) is 7.49. The molecule has 0 radical (unpaired) electrons. The third-order valence-corrected chi connectivity index (χ3v) is 4.43. The predicted molar refractivity (Wildman–Crippen MR) is 82.9 cm³/mol. The molecule has 11 heteroatoms. The highest BCUT2D eigenvalue weighted by atomic mass is 16.6. The summed E-state index contributed by atoms with van der Waals surface area (Å²) in [6, 6.07) is 0. The van der Waals surface area contributed by atoms with Crippen molar-refractivity contribution in [3.05, 3.63) is 18.9 Å². The average Bonchev–Trinajstić information content (AvgIpc) is 3.27. The molecule has 4 rings (SSSR count). The largest absolute Gasteiger partial charge is 0.394 e. The van der Waals surface area contributed by atoms with Gasteiger partial charge in [0.25, 0.3) is 0 Å². The highest BCUT2D eigenvalue weighted by Gasteiger charge is 2.53. The minimum Gasteiger partial charge on any atom is -0.394 e. The van der Waals surface area contributed by atoms with Crippen LogP contribution in [0.15, 0.2) is 23.4 Å². The monoisotopic (exact) mass is 348 g/mol. The second-order valence-electron chi connectivity index (χ2n) is 6.04. The van der Waals surface area contributed by atoms with E-state index in [1.165, 1.54) is 24.2 Å². The van der Waals surface area contributed by atoms with Crippen LogP contribution in [-0.4, -0.2) is 64.4 Å². The van der Waals surface area contributed by atoms with Gasteiger partial charge in [0.05, 0.1) is 17.6 Å². The molecule has 1 saturated heterocycles. The molecule has 1 aliphatic rings. The molecule has 0 saturated carbocycles. The van der Waals surface area contributed by atoms with E-state index in [2.05, 4.69) is 20.1 Å². The molecule has 11 nitrogen and oxygen atoms in total. The van der Waals surface area contributed by atoms with Gasteiger partial charge in [-0.05, 0) is 6.92 Å². The molecular formula is C14H16N6O5. The molecule has 0 bridgehead atoms. The number of ether oxygens (including phenoxy) is 1. The summed E-state index contributed by atoms with van der Waals surface area (Å²) in [4.78, 5) is 12.2. The van der Waals surface area contributed by atoms with Gasteiger partial charge >= 0.3 is 0 Å². The van der Waals surface area contributed by atoms with E-state index in [9.17, 15) is 15.3 Å². The Morgan fingerprint density at radius 2 is 2.16 bits per heavy atom. The van der Waals surface area contributed by atoms with Crippen molar-refractivity contribution in [3.8, 4) is 11.4 Å². The standard InChI is InChI=1S/C14H16N6O5/c1-14(23)9(22)7(3-21)25-13(14)20-2-6(11-18-5-24-19-11)8-10(15)16-4-17-12(8)20/h2,4-5,7,9,13,21-23H,3H2,1H3,(H2,15,16,17)/t7-,9-,13-,14-/m1/s1. The Hall–Kier alpha value is -2.60. The third kappa shape index (κ3) is 2.21. The SMILES string of the molecule is C[C@@]1(O)[C@H](O)[C@@H](CO)O[C@H]1n1cc(-c2ncon2)c2c(N)ncnc21. The number of nitrogen functional groups attached to an aromatic ring is 1. The molecule has 0 aliphatic carbocycles. The Balaban J connectivity index is 1.93. The molecule has 4 heterocycles. The highest BCUT2D eigenvalue weighted by Crippen LogP contribution is 2.42. The molecule has 1 aliphatic heterocycles. The van der Waals surface area contributed by atoms with Gasteiger partial charge in [0.1, 0.15) is 35.6 Å². The van der Waals surface area contributed by atoms with Gasteiger partial charge in [0, 0.05) is 6.20 Å². The van der Waals surface area contributed by atoms with Gasteiger partial charge in [-0.15, -0.1) is 0 Å². The Morgan fingerprint density at radius 1 is 1.36 bits per heavy atom. The Morgan fingerprint density at radius 3 is 2.80 bits per heavy atom. The van der Waals surface area contributed by atoms with Crippen molar-refractivity contribution in [2.75, 3.05) is 12.3 Å². The molecule has 0 spiro atoms. The molecule has 4 atom stereocenters. The number of rotatable bonds is 3. The lowest BCUT2D eigenvalue weighted by molar-refractivity contribution is -0.0948. The second-order valence-corrected chi connectivity index (χ2v) is 6.04. The van der Waals surface area contributed by atoms with E-state index in [0.29, 0.717) is 16.6 Å². The first-order chi connectivity index (χ1) is 11.9. The van der Waals surface area contributed by atoms with Crippen LogP contribution in [0.1, 0.15) is 13.2 Å². The fourth-order valence-corrected chi connectivity index (χ4v) is 3.14. The molecule has 3 aromatic heterocycles. The molecule has 25 heavy (non-hydrogen) atoms. The zero-order valence-electron chi connectivity index (χ0n) is 13.1. The zero-order chi connectivity index (χ0) is 17.8. The lowest BCUT2D eigenvalue weighted by Crippen LogP contribution is -2.44. The zero-order valence-corrected chi connectivity index (χ0v) is 13.1. The topological polar surface area (TPSA) is 166 Å². The molecule has 3 aromatic rings. The summed E-state index contributed by atoms with van der Waals surface area (Å²) in [5, 5.41) is 34.6. The van der Waals surface area contributed by atoms with Crippen LogP contribution in [0.3, 0.4) is 0 Å². The quantitative estimate of drug-likeness (QED) is 0.464. The van der Waals surface area contributed by atoms with Crippen LogP contribution < -0.4 is 5.73 Å². The van der Waals surface area contributed by atoms with E-state index in [1.54, 1.807) is 6.20 Å². The van der Waals surface area contributed by atoms with Gasteiger partial charge in [-0.2, -0.15) is 4.98 Å². The molecule has 0 unspecified atom stereocenters. The number of hydrogen-bond acceptors (Lipinski definition) is 10. The summed E-state index contributed by atoms with van der Waals surface area (Å²) in [5.41, 5.74) is 5.16. The number of anilines is 1. The fourth-order valence-electron chi connectivity index (χ4n) is 3.14. The van der Waals surface area contributed by atoms with Gasteiger partial charge < -0.3 is 34.9 Å². The van der Waals surface area contributed by atoms with Gasteiger partial charge in [-0.1, -0.05) is 5.16 Å². The average molecular weight is 348 g/mol. The van der Waals surface area contributed by atoms with Crippen molar-refractivity contribution in [2.45, 2.75) is 31.0 Å². The molecular weight excluding hydrogens is 332 g/mol. The Labute approximate surface area is 140 Å². The predicted octanol–water partition coefficient (Wildman–Crippen LogP) is -0.935. The second kappa shape index (κ2) is 5.46. The van der Waals surface area contributed by atoms with E-state index in [0.717, 1.165) is 0 Å². The van der Waals surface area contributed by atoms with Crippen molar-refractivity contribution in [3.63, 3.8) is 0 Å². The van der Waals surface area contributed by atoms with Crippen LogP contribution in [0.25, 0.3) is 22.4 Å². The van der Waals surface area contributed by atoms with Crippen molar-refractivity contribution in [1.82, 2.24) is 24.7 Å². The number of aliphatic hydroxyl groups is 3. The summed E-state index contributed by atoms with van der Waals surface area (Å²) < 4.78 is 11.9. The first kappa shape index (κ1) is 15.9. The highest BCUT2D eigenvalue weighted by molar-refractivity contribution is 5.99. The molecule has 1 fully saturated rings. The summed E-state index contributed by atoms with van der Waals surface area (Å²) in [5.74, 6) is 0.461. The number of aromatic nitrogens is 5. The van der Waals surface area contributed by atoms with E-state index in [4.69, 9.17) is 15.0 Å². The maximum absolute atomic E-state index is 10.7. The Bertz CT molecular complexity index is 908. The van der Waals surface area contributed by atoms with Crippen LogP contribution in [-0.2, 0) is 4.74 Å². The van der Waals surface area contributed by atoms with Crippen LogP contribution in [0, 0.1) is 0 Å². The smallest absolute Gasteiger partial charge is 0.214 e. The van der Waals surface area contributed by atoms with Crippen LogP contribution >= 0.6 is 0 Å². The van der Waals surface area contributed by atoms with Gasteiger partial charge in [0.15, 0.2) is 6.23 Å². The number of aliphatic hydroxyl groups excluding tert-OH is 2. The van der Waals surface area contributed by atoms with E-state index in [1.807, 2.05) is 0 Å². The summed E-state index contributed by atoms with van der Waals surface area (Å²) >= 11 is 0. The normalized spacial score (nSPS) is 29.5. The number of fused-ring (bicyclic) bond motifs is 1. The lowest BCUT2D eigenvalue weighted by Gasteiger charge is -2.27. The summed E-state index contributed by atoms with van der Waals surface area (Å²) in [6.45, 7) is 0.976. The van der Waals surface area contributed by atoms with Crippen molar-refractivity contribution in [1.29, 1.82) is 0 Å². The van der Waals surface area contributed by atoms with E-state index >= 15 is 0 Å². The summed E-state index contributed by atoms with van der Waals surface area (Å²) in [6.07, 6.45) is 0.797. The third-order valence-electron chi connectivity index (χ3n) is 4.43. The van der Waals surface area contributed by atoms with Gasteiger partial charge in [-0.25, -0.2) is 9.97 Å². The Kier molecular flexibility index (Phi) is 3.47. The van der Waals surface area contributed by atoms with E-state index < -0.39 is 30.6 Å². The maximum Gasteiger partial charge on any atom is 0.214 e. The van der Waals surface area contributed by atoms with Crippen LogP contribution in [0.4, 0.5) is 5.82 Å². The number of hydrogen-bond donors (Lipinski definition) is 4. The summed E-state index contributed by atoms with van der Waals surface area (Å²) in [7, 11) is 0.